The molecule has 0 spiro atoms. The van der Waals surface area contributed by atoms with Gasteiger partial charge < -0.3 is 4.43 Å². The van der Waals surface area contributed by atoms with Crippen molar-refractivity contribution in [3.8, 4) is 0 Å². The van der Waals surface area contributed by atoms with Crippen LogP contribution < -0.4 is 0 Å². The fourth-order valence-corrected chi connectivity index (χ4v) is 4.64. The Balaban J connectivity index is 7.88. The molecule has 0 heterocycles. The number of halogens is 34. The maximum atomic E-state index is 14.0. The third-order valence-electron chi connectivity index (χ3n) is 5.38. The van der Waals surface area contributed by atoms with Crippen LogP contribution in [0.3, 0.4) is 0 Å². The van der Waals surface area contributed by atoms with Gasteiger partial charge in [0.2, 0.25) is 0 Å². The van der Waals surface area contributed by atoms with Crippen LogP contribution in [-0.4, -0.2) is 98.8 Å². The van der Waals surface area contributed by atoms with Crippen LogP contribution in [0.4, 0.5) is 149 Å². The monoisotopic (exact) mass is 902 g/mol. The molecule has 0 saturated heterocycles. The maximum absolute atomic E-state index is 14.0. The molecule has 320 valence electrons. The standard InChI is InChI=1S/C15F34O3Si/c16-1(17,2(18,19)4(22,23)6(26,27)8(30,31)10(34,35)36)3(20,21)5(24,25)7(28,29)9(32,33)12(40,41)50-53(51-14(44,45)46,52-15(47,48)49)13(42,43)11(37,38)39. The van der Waals surface area contributed by atoms with Crippen molar-refractivity contribution in [2.24, 2.45) is 0 Å². The molecule has 0 aliphatic carbocycles. The second-order valence-electron chi connectivity index (χ2n) is 9.01. The molecule has 53 heavy (non-hydrogen) atoms. The molecule has 0 fully saturated rings. The summed E-state index contributed by atoms with van der Waals surface area (Å²) in [6.07, 6.45) is -42.1. The highest BCUT2D eigenvalue weighted by Gasteiger charge is 2.99. The Kier molecular flexibility index (Phi) is 12.1. The third-order valence-corrected chi connectivity index (χ3v) is 7.96. The van der Waals surface area contributed by atoms with E-state index in [0.717, 1.165) is 4.43 Å². The molecule has 0 unspecified atom stereocenters. The lowest BCUT2D eigenvalue weighted by atomic mass is 9.86. The molecule has 0 atom stereocenters. The van der Waals surface area contributed by atoms with E-state index >= 15 is 0 Å². The molecule has 0 saturated carbocycles. The molecule has 0 aromatic heterocycles. The molecule has 0 amide bonds. The normalized spacial score (nSPS) is 17.1. The zero-order valence-corrected chi connectivity index (χ0v) is 23.1. The van der Waals surface area contributed by atoms with E-state index in [1.807, 2.05) is 0 Å². The maximum Gasteiger partial charge on any atom is 0.603 e. The van der Waals surface area contributed by atoms with E-state index in [-0.39, 0.29) is 0 Å². The highest BCUT2D eigenvalue weighted by atomic mass is 28.4. The van der Waals surface area contributed by atoms with Crippen molar-refractivity contribution in [3.63, 3.8) is 0 Å². The molecule has 0 aromatic rings. The minimum atomic E-state index is -10.8. The number of hydrogen-bond acceptors (Lipinski definition) is 3. The van der Waals surface area contributed by atoms with Gasteiger partial charge in [0.1, 0.15) is 0 Å². The van der Waals surface area contributed by atoms with Gasteiger partial charge in [-0.2, -0.15) is 123 Å². The molecule has 0 aliphatic rings. The molecule has 0 rings (SSSR count). The zero-order chi connectivity index (χ0) is 44.1. The SMILES string of the molecule is FC(F)(F)O[Si](OC(F)(F)F)(OC(F)(F)C(F)(F)C(F)(F)C(F)(F)C(F)(F)C(F)(F)C(F)(F)C(F)(F)C(F)(F)C(F)(F)C(F)(F)F)C(F)(F)C(F)(F)F. The van der Waals surface area contributed by atoms with Crippen molar-refractivity contribution < 1.29 is 163 Å². The molecule has 0 aliphatic heterocycles. The van der Waals surface area contributed by atoms with Gasteiger partial charge >= 0.3 is 98.8 Å². The van der Waals surface area contributed by atoms with Crippen LogP contribution in [0.1, 0.15) is 0 Å². The van der Waals surface area contributed by atoms with E-state index in [1.54, 1.807) is 0 Å². The molecule has 0 bridgehead atoms. The Morgan fingerprint density at radius 1 is 0.226 bits per heavy atom. The summed E-state index contributed by atoms with van der Waals surface area (Å²) in [6, 6.07) is 0. The van der Waals surface area contributed by atoms with Crippen LogP contribution in [0.25, 0.3) is 0 Å². The summed E-state index contributed by atoms with van der Waals surface area (Å²) < 4.78 is 452. The van der Waals surface area contributed by atoms with Crippen LogP contribution >= 0.6 is 0 Å². The lowest BCUT2D eigenvalue weighted by molar-refractivity contribution is -0.486. The fraction of sp³-hybridized carbons (Fsp3) is 1.00. The second-order valence-corrected chi connectivity index (χ2v) is 11.4. The van der Waals surface area contributed by atoms with Gasteiger partial charge in [-0.25, -0.2) is 0 Å². The van der Waals surface area contributed by atoms with Gasteiger partial charge in [0, 0.05) is 0 Å². The summed E-state index contributed by atoms with van der Waals surface area (Å²) in [7, 11) is -10.8. The predicted octanol–water partition coefficient (Wildman–Crippen LogP) is 10.6. The van der Waals surface area contributed by atoms with Crippen LogP contribution in [0.2, 0.25) is 0 Å². The molecule has 0 radical (unpaired) electrons. The van der Waals surface area contributed by atoms with E-state index in [1.165, 1.54) is 8.85 Å². The van der Waals surface area contributed by atoms with Crippen molar-refractivity contribution in [2.75, 3.05) is 0 Å². The average molecular weight is 902 g/mol. The van der Waals surface area contributed by atoms with Gasteiger partial charge in [0.25, 0.3) is 0 Å². The summed E-state index contributed by atoms with van der Waals surface area (Å²) in [4.78, 5) is 0. The molecular weight excluding hydrogens is 902 g/mol. The van der Waals surface area contributed by atoms with E-state index < -0.39 is 98.8 Å². The summed E-state index contributed by atoms with van der Waals surface area (Å²) >= 11 is 0. The first-order chi connectivity index (χ1) is 22.1. The Labute approximate surface area is 263 Å². The van der Waals surface area contributed by atoms with E-state index in [0.29, 0.717) is 0 Å². The van der Waals surface area contributed by atoms with Gasteiger partial charge in [-0.15, -0.1) is 26.3 Å². The Morgan fingerprint density at radius 3 is 0.623 bits per heavy atom. The predicted molar refractivity (Wildman–Crippen MR) is 87.6 cm³/mol. The lowest BCUT2D eigenvalue weighted by Gasteiger charge is -2.45. The van der Waals surface area contributed by atoms with Gasteiger partial charge in [-0.3, -0.25) is 8.85 Å². The van der Waals surface area contributed by atoms with Crippen LogP contribution in [0, 0.1) is 0 Å². The summed E-state index contributed by atoms with van der Waals surface area (Å²) in [5, 5.41) is 0. The largest absolute Gasteiger partial charge is 0.603 e. The Bertz CT molecular complexity index is 1280. The summed E-state index contributed by atoms with van der Waals surface area (Å²) in [6.45, 7) is 0. The second kappa shape index (κ2) is 12.6. The van der Waals surface area contributed by atoms with E-state index in [9.17, 15) is 149 Å². The van der Waals surface area contributed by atoms with Gasteiger partial charge in [-0.1, -0.05) is 0 Å². The van der Waals surface area contributed by atoms with Crippen molar-refractivity contribution in [1.82, 2.24) is 0 Å². The smallest absolute Gasteiger partial charge is 0.304 e. The summed E-state index contributed by atoms with van der Waals surface area (Å²) in [5.41, 5.74) is -8.75. The van der Waals surface area contributed by atoms with Crippen molar-refractivity contribution in [2.45, 2.75) is 90.0 Å². The summed E-state index contributed by atoms with van der Waals surface area (Å²) in [5.74, 6) is -88.1. The zero-order valence-electron chi connectivity index (χ0n) is 22.1. The van der Waals surface area contributed by atoms with Gasteiger partial charge in [0.15, 0.2) is 0 Å². The highest BCUT2D eigenvalue weighted by Crippen LogP contribution is 2.67. The fourth-order valence-electron chi connectivity index (χ4n) is 2.71. The van der Waals surface area contributed by atoms with E-state index in [2.05, 4.69) is 0 Å². The third kappa shape index (κ3) is 7.40. The molecule has 38 heteroatoms. The van der Waals surface area contributed by atoms with Crippen LogP contribution in [0.5, 0.6) is 0 Å². The highest BCUT2D eigenvalue weighted by molar-refractivity contribution is 6.64. The average Bonchev–Trinajstić information content (AvgIpc) is 2.83. The lowest BCUT2D eigenvalue weighted by Crippen LogP contribution is -2.78. The van der Waals surface area contributed by atoms with Gasteiger partial charge in [0.05, 0.1) is 0 Å². The topological polar surface area (TPSA) is 27.7 Å². The minimum absolute atomic E-state index is 1.05. The minimum Gasteiger partial charge on any atom is -0.304 e. The van der Waals surface area contributed by atoms with Crippen molar-refractivity contribution in [1.29, 1.82) is 0 Å². The Morgan fingerprint density at radius 2 is 0.434 bits per heavy atom. The molecule has 0 N–H and O–H groups in total. The van der Waals surface area contributed by atoms with Gasteiger partial charge in [-0.05, 0) is 0 Å². The first-order valence-corrected chi connectivity index (χ1v) is 12.4. The molecular formula is C15F34O3Si. The van der Waals surface area contributed by atoms with Crippen LogP contribution in [0.15, 0.2) is 0 Å². The molecule has 0 aromatic carbocycles. The van der Waals surface area contributed by atoms with Crippen molar-refractivity contribution >= 4 is 8.80 Å². The van der Waals surface area contributed by atoms with E-state index in [4.69, 9.17) is 0 Å². The Hall–Kier alpha value is -2.28. The first-order valence-electron chi connectivity index (χ1n) is 10.7. The number of alkyl halides is 34. The molecule has 3 nitrogen and oxygen atoms in total. The first kappa shape index (κ1) is 50.7. The number of rotatable bonds is 14. The quantitative estimate of drug-likeness (QED) is 0.128. The van der Waals surface area contributed by atoms with Crippen LogP contribution in [-0.2, 0) is 13.3 Å². The van der Waals surface area contributed by atoms with Crippen molar-refractivity contribution in [3.05, 3.63) is 0 Å². The number of hydrogen-bond donors (Lipinski definition) is 0.